The molecular formula is C16H26O5Si. The van der Waals surface area contributed by atoms with Crippen molar-refractivity contribution in [1.29, 1.82) is 0 Å². The molecule has 124 valence electrons. The van der Waals surface area contributed by atoms with Crippen LogP contribution in [0.4, 0.5) is 0 Å². The van der Waals surface area contributed by atoms with Gasteiger partial charge in [-0.05, 0) is 11.6 Å². The van der Waals surface area contributed by atoms with Gasteiger partial charge in [0, 0.05) is 0 Å². The summed E-state index contributed by atoms with van der Waals surface area (Å²) < 4.78 is 15.4. The van der Waals surface area contributed by atoms with E-state index in [1.165, 1.54) is 21.3 Å². The highest BCUT2D eigenvalue weighted by molar-refractivity contribution is 6.83. The summed E-state index contributed by atoms with van der Waals surface area (Å²) in [5.74, 6) is -0.411. The van der Waals surface area contributed by atoms with Crippen molar-refractivity contribution in [3.63, 3.8) is 0 Å². The fourth-order valence-electron chi connectivity index (χ4n) is 2.41. The number of rotatable bonds is 7. The molecule has 1 aliphatic rings. The zero-order valence-corrected chi connectivity index (χ0v) is 15.5. The van der Waals surface area contributed by atoms with E-state index in [9.17, 15) is 9.90 Å². The average Bonchev–Trinajstić information content (AvgIpc) is 2.46. The van der Waals surface area contributed by atoms with Crippen LogP contribution in [0.1, 0.15) is 19.8 Å². The lowest BCUT2D eigenvalue weighted by Crippen LogP contribution is -2.54. The molecule has 0 heterocycles. The van der Waals surface area contributed by atoms with Gasteiger partial charge in [0.05, 0.1) is 29.4 Å². The van der Waals surface area contributed by atoms with Gasteiger partial charge in [-0.3, -0.25) is 4.79 Å². The van der Waals surface area contributed by atoms with Gasteiger partial charge in [-0.2, -0.15) is 0 Å². The molecule has 1 rings (SSSR count). The van der Waals surface area contributed by atoms with E-state index in [0.29, 0.717) is 0 Å². The van der Waals surface area contributed by atoms with Crippen molar-refractivity contribution in [3.05, 3.63) is 28.2 Å². The number of carbonyl (C=O) groups excluding carboxylic acids is 1. The second-order valence-electron chi connectivity index (χ2n) is 6.24. The minimum absolute atomic E-state index is 0.0198. The Kier molecular flexibility index (Phi) is 5.68. The summed E-state index contributed by atoms with van der Waals surface area (Å²) in [5.41, 5.74) is 1.22. The third-order valence-electron chi connectivity index (χ3n) is 3.68. The molecule has 0 spiro atoms. The molecule has 6 heteroatoms. The van der Waals surface area contributed by atoms with Gasteiger partial charge in [-0.25, -0.2) is 0 Å². The van der Waals surface area contributed by atoms with Crippen LogP contribution in [0.25, 0.3) is 0 Å². The molecule has 5 nitrogen and oxygen atoms in total. The zero-order chi connectivity index (χ0) is 17.1. The lowest BCUT2D eigenvalue weighted by atomic mass is 9.81. The van der Waals surface area contributed by atoms with Crippen molar-refractivity contribution in [2.24, 2.45) is 0 Å². The van der Waals surface area contributed by atoms with Crippen LogP contribution in [0.5, 0.6) is 0 Å². The summed E-state index contributed by atoms with van der Waals surface area (Å²) in [5, 5.41) is 11.9. The Morgan fingerprint density at radius 3 is 2.18 bits per heavy atom. The monoisotopic (exact) mass is 326 g/mol. The Balaban J connectivity index is 3.52. The second-order valence-corrected chi connectivity index (χ2v) is 11.3. The van der Waals surface area contributed by atoms with Crippen LogP contribution >= 0.6 is 0 Å². The van der Waals surface area contributed by atoms with E-state index < -0.39 is 19.5 Å². The summed E-state index contributed by atoms with van der Waals surface area (Å²) in [6.45, 7) is 8.66. The van der Waals surface area contributed by atoms with E-state index in [-0.39, 0.29) is 17.3 Å². The van der Waals surface area contributed by atoms with Crippen molar-refractivity contribution in [2.45, 2.75) is 45.0 Å². The van der Waals surface area contributed by atoms with Crippen molar-refractivity contribution in [1.82, 2.24) is 0 Å². The first kappa shape index (κ1) is 18.6. The minimum Gasteiger partial charge on any atom is -0.493 e. The predicted molar refractivity (Wildman–Crippen MR) is 86.8 cm³/mol. The minimum atomic E-state index is -1.94. The summed E-state index contributed by atoms with van der Waals surface area (Å²) >= 11 is 0. The van der Waals surface area contributed by atoms with Gasteiger partial charge in [0.15, 0.2) is 11.5 Å². The van der Waals surface area contributed by atoms with E-state index >= 15 is 0 Å². The van der Waals surface area contributed by atoms with Gasteiger partial charge in [-0.1, -0.05) is 38.7 Å². The van der Waals surface area contributed by atoms with Gasteiger partial charge >= 0.3 is 0 Å². The first-order valence-corrected chi connectivity index (χ1v) is 10.8. The number of hydrogen-bond acceptors (Lipinski definition) is 5. The lowest BCUT2D eigenvalue weighted by Gasteiger charge is -2.36. The molecule has 0 radical (unpaired) electrons. The highest BCUT2D eigenvalue weighted by atomic mass is 28.3. The highest BCUT2D eigenvalue weighted by Crippen LogP contribution is 2.41. The summed E-state index contributed by atoms with van der Waals surface area (Å²) in [6.07, 6.45) is 1.82. The maximum atomic E-state index is 12.2. The third-order valence-corrected chi connectivity index (χ3v) is 5.87. The average molecular weight is 326 g/mol. The van der Waals surface area contributed by atoms with Gasteiger partial charge in [0.1, 0.15) is 0 Å². The molecule has 1 aliphatic carbocycles. The van der Waals surface area contributed by atoms with Gasteiger partial charge < -0.3 is 19.3 Å². The number of Topliss-reactive ketones (excluding diaryl/α,β-unsaturated/α-hetero) is 1. The Morgan fingerprint density at radius 2 is 1.82 bits per heavy atom. The molecule has 1 N–H and O–H groups in total. The zero-order valence-electron chi connectivity index (χ0n) is 14.5. The van der Waals surface area contributed by atoms with Crippen LogP contribution in [0.15, 0.2) is 28.2 Å². The largest absolute Gasteiger partial charge is 0.493 e. The standard InChI is InChI=1S/C16H26O5Si/c1-8-9-11(22(5,6)7)10-12(19-2)16(18)14(17)13(20-3)15(16)21-4/h18H,8-9H2,1-7H3. The SMILES string of the molecule is CCCC(=C=C(OC)C1(O)C(=O)C(OC)=C1OC)[Si](C)(C)C. The molecule has 0 aromatic carbocycles. The molecule has 0 saturated heterocycles. The Labute approximate surface area is 133 Å². The second kappa shape index (κ2) is 6.73. The molecule has 22 heavy (non-hydrogen) atoms. The van der Waals surface area contributed by atoms with Gasteiger partial charge in [-0.15, -0.1) is 0 Å². The lowest BCUT2D eigenvalue weighted by molar-refractivity contribution is -0.144. The van der Waals surface area contributed by atoms with Crippen LogP contribution in [0.3, 0.4) is 0 Å². The van der Waals surface area contributed by atoms with Crippen molar-refractivity contribution in [2.75, 3.05) is 21.3 Å². The molecule has 1 unspecified atom stereocenters. The third kappa shape index (κ3) is 3.00. The Morgan fingerprint density at radius 1 is 1.23 bits per heavy atom. The molecular weight excluding hydrogens is 300 g/mol. The van der Waals surface area contributed by atoms with Gasteiger partial charge in [0.2, 0.25) is 11.5 Å². The van der Waals surface area contributed by atoms with Crippen LogP contribution < -0.4 is 0 Å². The number of ether oxygens (including phenoxy) is 3. The maximum Gasteiger partial charge on any atom is 0.257 e. The molecule has 0 amide bonds. The number of methoxy groups -OCH3 is 3. The van der Waals surface area contributed by atoms with Crippen LogP contribution in [0, 0.1) is 0 Å². The normalized spacial score (nSPS) is 21.0. The summed E-state index contributed by atoms with van der Waals surface area (Å²) in [6, 6.07) is 0. The van der Waals surface area contributed by atoms with Crippen LogP contribution in [-0.4, -0.2) is 45.9 Å². The van der Waals surface area contributed by atoms with E-state index in [0.717, 1.165) is 18.0 Å². The van der Waals surface area contributed by atoms with E-state index in [1.54, 1.807) is 0 Å². The molecule has 1 atom stereocenters. The molecule has 0 aromatic rings. The Hall–Kier alpha value is -1.49. The highest BCUT2D eigenvalue weighted by Gasteiger charge is 2.60. The Bertz CT molecular complexity index is 549. The fourth-order valence-corrected chi connectivity index (χ4v) is 3.89. The van der Waals surface area contributed by atoms with Crippen molar-refractivity contribution in [3.8, 4) is 0 Å². The first-order valence-electron chi connectivity index (χ1n) is 7.33. The topological polar surface area (TPSA) is 65.0 Å². The molecule has 0 fully saturated rings. The molecule has 0 bridgehead atoms. The van der Waals surface area contributed by atoms with Crippen LogP contribution in [0.2, 0.25) is 19.6 Å². The summed E-state index contributed by atoms with van der Waals surface area (Å²) in [7, 11) is 2.52. The molecule has 0 aromatic heterocycles. The fraction of sp³-hybridized carbons (Fsp3) is 0.625. The predicted octanol–water partition coefficient (Wildman–Crippen LogP) is 2.54. The molecule has 0 saturated carbocycles. The molecule has 0 aliphatic heterocycles. The number of ketones is 1. The van der Waals surface area contributed by atoms with E-state index in [4.69, 9.17) is 14.2 Å². The van der Waals surface area contributed by atoms with Crippen LogP contribution in [-0.2, 0) is 19.0 Å². The maximum absolute atomic E-state index is 12.2. The number of carbonyl (C=O) groups is 1. The summed E-state index contributed by atoms with van der Waals surface area (Å²) in [4.78, 5) is 12.2. The first-order chi connectivity index (χ1) is 10.2. The van der Waals surface area contributed by atoms with E-state index in [1.807, 2.05) is 0 Å². The van der Waals surface area contributed by atoms with Crippen molar-refractivity contribution < 1.29 is 24.1 Å². The quantitative estimate of drug-likeness (QED) is 0.442. The smallest absolute Gasteiger partial charge is 0.257 e. The van der Waals surface area contributed by atoms with E-state index in [2.05, 4.69) is 32.3 Å². The number of hydrogen-bond donors (Lipinski definition) is 1. The van der Waals surface area contributed by atoms with Crippen molar-refractivity contribution >= 4 is 13.9 Å². The number of aliphatic hydroxyl groups is 1. The van der Waals surface area contributed by atoms with Gasteiger partial charge in [0.25, 0.3) is 5.60 Å².